The number of hydrogen-bond acceptors (Lipinski definition) is 4. The lowest BCUT2D eigenvalue weighted by molar-refractivity contribution is 0.242. The molecule has 0 aliphatic heterocycles. The van der Waals surface area contributed by atoms with Crippen LogP contribution in [0.25, 0.3) is 6.08 Å². The summed E-state index contributed by atoms with van der Waals surface area (Å²) in [6, 6.07) is 14.3. The van der Waals surface area contributed by atoms with Crippen LogP contribution in [0.3, 0.4) is 0 Å². The Kier molecular flexibility index (Phi) is 5.66. The zero-order valence-electron chi connectivity index (χ0n) is 13.2. The predicted octanol–water partition coefficient (Wildman–Crippen LogP) is 4.47. The molecule has 0 amide bonds. The topological polar surface area (TPSA) is 67.2 Å². The zero-order valence-corrected chi connectivity index (χ0v) is 14.8. The quantitative estimate of drug-likeness (QED) is 0.737. The lowest BCUT2D eigenvalue weighted by atomic mass is 10.2. The number of rotatable bonds is 5. The van der Waals surface area contributed by atoms with Crippen molar-refractivity contribution in [1.82, 2.24) is 0 Å². The van der Waals surface area contributed by atoms with Gasteiger partial charge >= 0.3 is 0 Å². The van der Waals surface area contributed by atoms with E-state index in [4.69, 9.17) is 16.3 Å². The molecule has 124 valence electrons. The van der Waals surface area contributed by atoms with Crippen molar-refractivity contribution in [1.29, 1.82) is 5.26 Å². The number of halogens is 1. The van der Waals surface area contributed by atoms with Gasteiger partial charge in [-0.25, -0.2) is 8.42 Å². The fourth-order valence-electron chi connectivity index (χ4n) is 1.98. The van der Waals surface area contributed by atoms with E-state index in [2.05, 4.69) is 0 Å². The molecule has 0 unspecified atom stereocenters. The fourth-order valence-corrected chi connectivity index (χ4v) is 3.26. The first-order valence-electron chi connectivity index (χ1n) is 7.22. The van der Waals surface area contributed by atoms with Crippen LogP contribution in [0.15, 0.2) is 58.3 Å². The number of nitriles is 1. The van der Waals surface area contributed by atoms with Gasteiger partial charge in [0.2, 0.25) is 9.84 Å². The lowest BCUT2D eigenvalue weighted by Crippen LogP contribution is -2.05. The highest BCUT2D eigenvalue weighted by molar-refractivity contribution is 7.95. The molecule has 0 heterocycles. The molecular weight excluding hydrogens is 346 g/mol. The van der Waals surface area contributed by atoms with Crippen molar-refractivity contribution in [3.63, 3.8) is 0 Å². The van der Waals surface area contributed by atoms with Crippen molar-refractivity contribution < 1.29 is 13.2 Å². The van der Waals surface area contributed by atoms with Crippen LogP contribution in [0.2, 0.25) is 5.02 Å². The van der Waals surface area contributed by atoms with Crippen LogP contribution in [-0.4, -0.2) is 14.5 Å². The molecule has 4 nitrogen and oxygen atoms in total. The first kappa shape index (κ1) is 18.1. The van der Waals surface area contributed by atoms with E-state index in [9.17, 15) is 13.7 Å². The second-order valence-corrected chi connectivity index (χ2v) is 7.67. The van der Waals surface area contributed by atoms with Crippen LogP contribution in [0.1, 0.15) is 19.4 Å². The molecule has 0 radical (unpaired) electrons. The number of nitrogens with zero attached hydrogens (tertiary/aromatic N) is 1. The van der Waals surface area contributed by atoms with Gasteiger partial charge in [-0.3, -0.25) is 0 Å². The molecule has 0 aromatic heterocycles. The van der Waals surface area contributed by atoms with E-state index in [1.807, 2.05) is 13.8 Å². The Morgan fingerprint density at radius 1 is 1.12 bits per heavy atom. The smallest absolute Gasteiger partial charge is 0.216 e. The van der Waals surface area contributed by atoms with Crippen LogP contribution in [0.5, 0.6) is 5.75 Å². The Balaban J connectivity index is 2.35. The van der Waals surface area contributed by atoms with E-state index in [-0.39, 0.29) is 15.9 Å². The van der Waals surface area contributed by atoms with E-state index < -0.39 is 9.84 Å². The molecule has 0 fully saturated rings. The van der Waals surface area contributed by atoms with Crippen LogP contribution in [0.4, 0.5) is 0 Å². The molecule has 24 heavy (non-hydrogen) atoms. The second kappa shape index (κ2) is 7.52. The summed E-state index contributed by atoms with van der Waals surface area (Å²) in [6.45, 7) is 3.83. The first-order valence-corrected chi connectivity index (χ1v) is 9.08. The van der Waals surface area contributed by atoms with Gasteiger partial charge in [0, 0.05) is 5.02 Å². The Labute approximate surface area is 146 Å². The normalized spacial score (nSPS) is 12.0. The maximum absolute atomic E-state index is 12.5. The van der Waals surface area contributed by atoms with Crippen molar-refractivity contribution in [2.45, 2.75) is 24.8 Å². The molecule has 0 atom stereocenters. The van der Waals surface area contributed by atoms with Crippen molar-refractivity contribution in [2.24, 2.45) is 0 Å². The molecule has 0 aliphatic rings. The van der Waals surface area contributed by atoms with Gasteiger partial charge in [-0.15, -0.1) is 0 Å². The number of allylic oxidation sites excluding steroid dienone is 1. The largest absolute Gasteiger partial charge is 0.491 e. The zero-order chi connectivity index (χ0) is 17.7. The number of sulfone groups is 1. The average Bonchev–Trinajstić information content (AvgIpc) is 2.54. The van der Waals surface area contributed by atoms with Gasteiger partial charge in [0.05, 0.1) is 11.0 Å². The van der Waals surface area contributed by atoms with Gasteiger partial charge in [0.25, 0.3) is 0 Å². The van der Waals surface area contributed by atoms with Gasteiger partial charge in [0.1, 0.15) is 16.7 Å². The highest BCUT2D eigenvalue weighted by atomic mass is 35.5. The van der Waals surface area contributed by atoms with E-state index in [0.29, 0.717) is 16.3 Å². The van der Waals surface area contributed by atoms with E-state index >= 15 is 0 Å². The summed E-state index contributed by atoms with van der Waals surface area (Å²) in [4.78, 5) is -0.304. The van der Waals surface area contributed by atoms with Gasteiger partial charge in [-0.2, -0.15) is 5.26 Å². The minimum absolute atomic E-state index is 0.0273. The lowest BCUT2D eigenvalue weighted by Gasteiger charge is -2.09. The summed E-state index contributed by atoms with van der Waals surface area (Å²) in [5.74, 6) is 0.682. The second-order valence-electron chi connectivity index (χ2n) is 5.31. The highest BCUT2D eigenvalue weighted by Crippen LogP contribution is 2.23. The average molecular weight is 362 g/mol. The molecule has 2 aromatic rings. The Bertz CT molecular complexity index is 877. The van der Waals surface area contributed by atoms with E-state index in [1.54, 1.807) is 30.3 Å². The Hall–Kier alpha value is -2.29. The SMILES string of the molecule is CC(C)Oc1ccc(/C=C(\C#N)S(=O)(=O)c2ccc(Cl)cc2)cc1. The van der Waals surface area contributed by atoms with Crippen molar-refractivity contribution in [3.05, 3.63) is 64.0 Å². The van der Waals surface area contributed by atoms with Gasteiger partial charge in [0.15, 0.2) is 0 Å². The Morgan fingerprint density at radius 3 is 2.21 bits per heavy atom. The van der Waals surface area contributed by atoms with Crippen molar-refractivity contribution in [3.8, 4) is 11.8 Å². The van der Waals surface area contributed by atoms with Crippen LogP contribution in [-0.2, 0) is 9.84 Å². The molecule has 0 N–H and O–H groups in total. The third kappa shape index (κ3) is 4.38. The summed E-state index contributed by atoms with van der Waals surface area (Å²) in [5, 5.41) is 9.69. The summed E-state index contributed by atoms with van der Waals surface area (Å²) in [5.41, 5.74) is 0.597. The monoisotopic (exact) mass is 361 g/mol. The molecule has 0 aliphatic carbocycles. The Morgan fingerprint density at radius 2 is 1.71 bits per heavy atom. The molecule has 0 bridgehead atoms. The standard InChI is InChI=1S/C18H16ClNO3S/c1-13(2)23-16-7-3-14(4-8-16)11-18(12-20)24(21,22)17-9-5-15(19)6-10-17/h3-11,13H,1-2H3/b18-11+. The first-order chi connectivity index (χ1) is 11.3. The molecule has 2 rings (SSSR count). The predicted molar refractivity (Wildman–Crippen MR) is 94.4 cm³/mol. The summed E-state index contributed by atoms with van der Waals surface area (Å²) in [6.07, 6.45) is 1.38. The number of benzene rings is 2. The van der Waals surface area contributed by atoms with E-state index in [1.165, 1.54) is 30.3 Å². The third-order valence-electron chi connectivity index (χ3n) is 3.07. The van der Waals surface area contributed by atoms with Gasteiger partial charge in [-0.1, -0.05) is 23.7 Å². The minimum atomic E-state index is -3.89. The maximum atomic E-state index is 12.5. The summed E-state index contributed by atoms with van der Waals surface area (Å²) < 4.78 is 30.6. The highest BCUT2D eigenvalue weighted by Gasteiger charge is 2.20. The van der Waals surface area contributed by atoms with Crippen molar-refractivity contribution in [2.75, 3.05) is 0 Å². The molecular formula is C18H16ClNO3S. The minimum Gasteiger partial charge on any atom is -0.491 e. The molecule has 0 saturated heterocycles. The summed E-state index contributed by atoms with van der Waals surface area (Å²) >= 11 is 5.77. The molecule has 2 aromatic carbocycles. The third-order valence-corrected chi connectivity index (χ3v) is 5.01. The summed E-state index contributed by atoms with van der Waals surface area (Å²) in [7, 11) is -3.89. The van der Waals surface area contributed by atoms with Gasteiger partial charge in [-0.05, 0) is 61.9 Å². The van der Waals surface area contributed by atoms with Crippen LogP contribution < -0.4 is 4.74 Å². The van der Waals surface area contributed by atoms with Crippen molar-refractivity contribution >= 4 is 27.5 Å². The molecule has 6 heteroatoms. The molecule has 0 saturated carbocycles. The van der Waals surface area contributed by atoms with Crippen LogP contribution in [0, 0.1) is 11.3 Å². The maximum Gasteiger partial charge on any atom is 0.216 e. The number of hydrogen-bond donors (Lipinski definition) is 0. The van der Waals surface area contributed by atoms with Crippen LogP contribution >= 0.6 is 11.6 Å². The number of ether oxygens (including phenoxy) is 1. The fraction of sp³-hybridized carbons (Fsp3) is 0.167. The van der Waals surface area contributed by atoms with E-state index in [0.717, 1.165) is 0 Å². The molecule has 0 spiro atoms. The van der Waals surface area contributed by atoms with Gasteiger partial charge < -0.3 is 4.74 Å².